The monoisotopic (exact) mass is 277 g/mol. The van der Waals surface area contributed by atoms with Gasteiger partial charge in [0.15, 0.2) is 5.76 Å². The van der Waals surface area contributed by atoms with Gasteiger partial charge in [-0.05, 0) is 44.0 Å². The molecule has 1 N–H and O–H groups in total. The largest absolute Gasteiger partial charge is 0.456 e. The Bertz CT molecular complexity index is 617. The van der Waals surface area contributed by atoms with Gasteiger partial charge in [-0.15, -0.1) is 11.6 Å². The molecule has 0 aliphatic heterocycles. The molecule has 1 heterocycles. The average molecular weight is 278 g/mol. The average Bonchev–Trinajstić information content (AvgIpc) is 2.75. The molecule has 0 spiro atoms. The summed E-state index contributed by atoms with van der Waals surface area (Å²) >= 11 is 5.76. The summed E-state index contributed by atoms with van der Waals surface area (Å²) in [6, 6.07) is 7.60. The number of anilines is 1. The molecular formula is C15H16ClNO2. The number of benzene rings is 1. The summed E-state index contributed by atoms with van der Waals surface area (Å²) in [7, 11) is 0. The Morgan fingerprint density at radius 3 is 2.63 bits per heavy atom. The summed E-state index contributed by atoms with van der Waals surface area (Å²) in [5.41, 5.74) is 3.75. The highest BCUT2D eigenvalue weighted by Gasteiger charge is 2.14. The van der Waals surface area contributed by atoms with Gasteiger partial charge in [-0.2, -0.15) is 0 Å². The van der Waals surface area contributed by atoms with Gasteiger partial charge < -0.3 is 9.73 Å². The topological polar surface area (TPSA) is 42.2 Å². The minimum absolute atomic E-state index is 0.256. The molecule has 2 rings (SSSR count). The van der Waals surface area contributed by atoms with Gasteiger partial charge in [-0.25, -0.2) is 0 Å². The zero-order valence-corrected chi connectivity index (χ0v) is 12.0. The van der Waals surface area contributed by atoms with Gasteiger partial charge in [-0.1, -0.05) is 12.1 Å². The van der Waals surface area contributed by atoms with Crippen molar-refractivity contribution in [1.29, 1.82) is 0 Å². The van der Waals surface area contributed by atoms with Gasteiger partial charge in [0.05, 0.1) is 5.88 Å². The molecule has 2 aromatic rings. The first kappa shape index (κ1) is 13.7. The van der Waals surface area contributed by atoms with Crippen LogP contribution in [0, 0.1) is 20.8 Å². The minimum Gasteiger partial charge on any atom is -0.456 e. The van der Waals surface area contributed by atoms with E-state index in [9.17, 15) is 4.79 Å². The normalized spacial score (nSPS) is 10.5. The zero-order valence-electron chi connectivity index (χ0n) is 11.2. The number of nitrogens with one attached hydrogen (secondary N) is 1. The summed E-state index contributed by atoms with van der Waals surface area (Å²) in [4.78, 5) is 12.1. The maximum atomic E-state index is 12.1. The molecule has 0 fully saturated rings. The van der Waals surface area contributed by atoms with Gasteiger partial charge in [-0.3, -0.25) is 4.79 Å². The first-order valence-electron chi connectivity index (χ1n) is 6.05. The third-order valence-electron chi connectivity index (χ3n) is 3.03. The van der Waals surface area contributed by atoms with Gasteiger partial charge >= 0.3 is 0 Å². The Morgan fingerprint density at radius 2 is 2.00 bits per heavy atom. The number of carbonyl (C=O) groups is 1. The number of alkyl halides is 1. The van der Waals surface area contributed by atoms with Crippen molar-refractivity contribution in [2.24, 2.45) is 0 Å². The molecule has 19 heavy (non-hydrogen) atoms. The van der Waals surface area contributed by atoms with Gasteiger partial charge in [0, 0.05) is 11.3 Å². The lowest BCUT2D eigenvalue weighted by atomic mass is 10.1. The molecule has 4 heteroatoms. The predicted octanol–water partition coefficient (Wildman–Crippen LogP) is 4.20. The van der Waals surface area contributed by atoms with Crippen LogP contribution in [0.4, 0.5) is 5.69 Å². The van der Waals surface area contributed by atoms with E-state index in [0.29, 0.717) is 11.6 Å². The molecule has 100 valence electrons. The Morgan fingerprint density at radius 1 is 1.26 bits per heavy atom. The standard InChI is InChI=1S/C15H16ClNO2/c1-9-4-5-10(2)13(6-9)17-15(18)14-7-12(8-16)11(3)19-14/h4-7H,8H2,1-3H3,(H,17,18). The van der Waals surface area contributed by atoms with Crippen LogP contribution >= 0.6 is 11.6 Å². The van der Waals surface area contributed by atoms with E-state index in [4.69, 9.17) is 16.0 Å². The maximum Gasteiger partial charge on any atom is 0.291 e. The van der Waals surface area contributed by atoms with Crippen molar-refractivity contribution in [2.45, 2.75) is 26.7 Å². The smallest absolute Gasteiger partial charge is 0.291 e. The van der Waals surface area contributed by atoms with E-state index in [-0.39, 0.29) is 11.7 Å². The van der Waals surface area contributed by atoms with Crippen molar-refractivity contribution in [2.75, 3.05) is 5.32 Å². The Hall–Kier alpha value is -1.74. The van der Waals surface area contributed by atoms with Crippen LogP contribution in [0.5, 0.6) is 0 Å². The highest BCUT2D eigenvalue weighted by Crippen LogP contribution is 2.20. The highest BCUT2D eigenvalue weighted by atomic mass is 35.5. The number of furan rings is 1. The minimum atomic E-state index is -0.256. The number of hydrogen-bond donors (Lipinski definition) is 1. The van der Waals surface area contributed by atoms with E-state index in [2.05, 4.69) is 5.32 Å². The Kier molecular flexibility index (Phi) is 3.96. The van der Waals surface area contributed by atoms with E-state index >= 15 is 0 Å². The van der Waals surface area contributed by atoms with E-state index < -0.39 is 0 Å². The second kappa shape index (κ2) is 5.49. The van der Waals surface area contributed by atoms with E-state index in [1.807, 2.05) is 32.0 Å². The first-order valence-corrected chi connectivity index (χ1v) is 6.58. The van der Waals surface area contributed by atoms with Crippen molar-refractivity contribution in [3.05, 3.63) is 52.5 Å². The quantitative estimate of drug-likeness (QED) is 0.855. The number of rotatable bonds is 3. The molecule has 3 nitrogen and oxygen atoms in total. The number of carbonyl (C=O) groups excluding carboxylic acids is 1. The van der Waals surface area contributed by atoms with Crippen LogP contribution in [0.15, 0.2) is 28.7 Å². The summed E-state index contributed by atoms with van der Waals surface area (Å²) in [6.45, 7) is 5.73. The molecule has 0 aliphatic carbocycles. The number of halogens is 1. The summed E-state index contributed by atoms with van der Waals surface area (Å²) < 4.78 is 5.41. The SMILES string of the molecule is Cc1ccc(C)c(NC(=O)c2cc(CCl)c(C)o2)c1. The molecule has 0 saturated heterocycles. The van der Waals surface area contributed by atoms with Gasteiger partial charge in [0.2, 0.25) is 0 Å². The zero-order chi connectivity index (χ0) is 14.0. The third-order valence-corrected chi connectivity index (χ3v) is 3.32. The molecule has 1 amide bonds. The van der Waals surface area contributed by atoms with Crippen LogP contribution < -0.4 is 5.32 Å². The molecule has 0 saturated carbocycles. The predicted molar refractivity (Wildman–Crippen MR) is 76.9 cm³/mol. The van der Waals surface area contributed by atoms with E-state index in [1.165, 1.54) is 0 Å². The lowest BCUT2D eigenvalue weighted by molar-refractivity contribution is 0.0995. The fourth-order valence-corrected chi connectivity index (χ4v) is 2.08. The number of amides is 1. The van der Waals surface area contributed by atoms with Crippen LogP contribution in [-0.2, 0) is 5.88 Å². The third kappa shape index (κ3) is 2.99. The van der Waals surface area contributed by atoms with Gasteiger partial charge in [0.25, 0.3) is 5.91 Å². The molecule has 0 unspecified atom stereocenters. The Labute approximate surface area is 117 Å². The fourth-order valence-electron chi connectivity index (χ4n) is 1.82. The number of hydrogen-bond acceptors (Lipinski definition) is 2. The van der Waals surface area contributed by atoms with Crippen LogP contribution in [0.3, 0.4) is 0 Å². The lowest BCUT2D eigenvalue weighted by Gasteiger charge is -2.07. The second-order valence-electron chi connectivity index (χ2n) is 4.60. The van der Waals surface area contributed by atoms with Crippen LogP contribution in [0.2, 0.25) is 0 Å². The molecule has 0 aliphatic rings. The van der Waals surface area contributed by atoms with E-state index in [0.717, 1.165) is 22.4 Å². The van der Waals surface area contributed by atoms with Crippen LogP contribution in [0.1, 0.15) is 33.0 Å². The fraction of sp³-hybridized carbons (Fsp3) is 0.267. The summed E-state index contributed by atoms with van der Waals surface area (Å²) in [5, 5.41) is 2.86. The van der Waals surface area contributed by atoms with Crippen molar-refractivity contribution in [3.8, 4) is 0 Å². The molecule has 1 aromatic carbocycles. The van der Waals surface area contributed by atoms with Crippen molar-refractivity contribution in [1.82, 2.24) is 0 Å². The molecule has 0 atom stereocenters. The highest BCUT2D eigenvalue weighted by molar-refractivity contribution is 6.17. The molecular weight excluding hydrogens is 262 g/mol. The van der Waals surface area contributed by atoms with Crippen molar-refractivity contribution in [3.63, 3.8) is 0 Å². The van der Waals surface area contributed by atoms with Gasteiger partial charge in [0.1, 0.15) is 5.76 Å². The molecule has 0 radical (unpaired) electrons. The number of aryl methyl sites for hydroxylation is 3. The lowest BCUT2D eigenvalue weighted by Crippen LogP contribution is -2.12. The molecule has 0 bridgehead atoms. The first-order chi connectivity index (χ1) is 9.01. The summed E-state index contributed by atoms with van der Waals surface area (Å²) in [5.74, 6) is 1.05. The van der Waals surface area contributed by atoms with Crippen LogP contribution in [0.25, 0.3) is 0 Å². The van der Waals surface area contributed by atoms with Crippen molar-refractivity contribution < 1.29 is 9.21 Å². The molecule has 1 aromatic heterocycles. The van der Waals surface area contributed by atoms with Crippen molar-refractivity contribution >= 4 is 23.2 Å². The Balaban J connectivity index is 2.22. The maximum absolute atomic E-state index is 12.1. The van der Waals surface area contributed by atoms with Crippen LogP contribution in [-0.4, -0.2) is 5.91 Å². The van der Waals surface area contributed by atoms with E-state index in [1.54, 1.807) is 13.0 Å². The second-order valence-corrected chi connectivity index (χ2v) is 4.87. The summed E-state index contributed by atoms with van der Waals surface area (Å²) in [6.07, 6.45) is 0.